The molecule has 0 fully saturated rings. The van der Waals surface area contributed by atoms with Crippen LogP contribution >= 0.6 is 0 Å². The van der Waals surface area contributed by atoms with Crippen molar-refractivity contribution in [2.75, 3.05) is 19.5 Å². The lowest BCUT2D eigenvalue weighted by molar-refractivity contribution is 0.0950. The lowest BCUT2D eigenvalue weighted by Gasteiger charge is -2.12. The Kier molecular flexibility index (Phi) is 6.98. The van der Waals surface area contributed by atoms with Crippen molar-refractivity contribution < 1.29 is 18.7 Å². The quantitative estimate of drug-likeness (QED) is 0.388. The average molecular weight is 458 g/mol. The van der Waals surface area contributed by atoms with Crippen LogP contribution < -0.4 is 20.1 Å². The maximum Gasteiger partial charge on any atom is 0.251 e. The molecule has 0 atom stereocenters. The van der Waals surface area contributed by atoms with Crippen LogP contribution in [0.15, 0.2) is 79.1 Å². The number of rotatable bonds is 8. The summed E-state index contributed by atoms with van der Waals surface area (Å²) in [4.78, 5) is 21.1. The zero-order chi connectivity index (χ0) is 23.9. The minimum atomic E-state index is -0.313. The molecule has 0 radical (unpaired) electrons. The molecule has 0 unspecified atom stereocenters. The van der Waals surface area contributed by atoms with Crippen molar-refractivity contribution in [2.45, 2.75) is 6.54 Å². The molecule has 0 aliphatic heterocycles. The molecule has 172 valence electrons. The van der Waals surface area contributed by atoms with Crippen molar-refractivity contribution in [1.29, 1.82) is 0 Å². The van der Waals surface area contributed by atoms with Gasteiger partial charge in [0.15, 0.2) is 0 Å². The number of nitrogens with zero attached hydrogens (tertiary/aromatic N) is 2. The Bertz CT molecular complexity index is 1280. The number of hydrogen-bond acceptors (Lipinski definition) is 6. The first-order chi connectivity index (χ1) is 16.6. The van der Waals surface area contributed by atoms with Gasteiger partial charge < -0.3 is 20.1 Å². The Balaban J connectivity index is 1.36. The first-order valence-corrected chi connectivity index (χ1v) is 10.5. The number of ether oxygens (including phenoxy) is 2. The molecule has 8 heteroatoms. The predicted molar refractivity (Wildman–Crippen MR) is 128 cm³/mol. The molecule has 0 aliphatic rings. The Hall–Kier alpha value is -4.46. The van der Waals surface area contributed by atoms with Gasteiger partial charge in [0, 0.05) is 47.4 Å². The molecule has 7 nitrogen and oxygen atoms in total. The smallest absolute Gasteiger partial charge is 0.251 e. The highest BCUT2D eigenvalue weighted by atomic mass is 19.1. The summed E-state index contributed by atoms with van der Waals surface area (Å²) in [6.07, 6.45) is 3.25. The first kappa shape index (κ1) is 22.7. The van der Waals surface area contributed by atoms with E-state index in [1.54, 1.807) is 69.1 Å². The zero-order valence-electron chi connectivity index (χ0n) is 18.7. The van der Waals surface area contributed by atoms with E-state index >= 15 is 0 Å². The number of nitrogens with one attached hydrogen (secondary N) is 2. The molecule has 4 rings (SSSR count). The van der Waals surface area contributed by atoms with Crippen molar-refractivity contribution in [3.63, 3.8) is 0 Å². The summed E-state index contributed by atoms with van der Waals surface area (Å²) in [6, 6.07) is 18.7. The highest BCUT2D eigenvalue weighted by Gasteiger charge is 2.10. The summed E-state index contributed by atoms with van der Waals surface area (Å²) >= 11 is 0. The molecule has 1 heterocycles. The van der Waals surface area contributed by atoms with Crippen LogP contribution in [0.1, 0.15) is 15.9 Å². The molecule has 1 amide bonds. The third-order valence-electron chi connectivity index (χ3n) is 5.15. The largest absolute Gasteiger partial charge is 0.497 e. The zero-order valence-corrected chi connectivity index (χ0v) is 18.7. The molecule has 0 bridgehead atoms. The van der Waals surface area contributed by atoms with Crippen molar-refractivity contribution in [3.8, 4) is 22.6 Å². The van der Waals surface area contributed by atoms with Crippen LogP contribution in [0.3, 0.4) is 0 Å². The van der Waals surface area contributed by atoms with Crippen LogP contribution in [0, 0.1) is 5.82 Å². The molecule has 34 heavy (non-hydrogen) atoms. The van der Waals surface area contributed by atoms with Crippen molar-refractivity contribution in [2.24, 2.45) is 0 Å². The van der Waals surface area contributed by atoms with E-state index in [9.17, 15) is 9.18 Å². The van der Waals surface area contributed by atoms with Crippen molar-refractivity contribution in [1.82, 2.24) is 15.3 Å². The maximum absolute atomic E-state index is 13.4. The molecule has 0 saturated carbocycles. The molecule has 2 N–H and O–H groups in total. The molecule has 0 aliphatic carbocycles. The van der Waals surface area contributed by atoms with Gasteiger partial charge in [-0.15, -0.1) is 0 Å². The Labute approximate surface area is 196 Å². The van der Waals surface area contributed by atoms with E-state index in [0.29, 0.717) is 40.7 Å². The number of carbonyl (C=O) groups excluding carboxylic acids is 1. The van der Waals surface area contributed by atoms with E-state index in [4.69, 9.17) is 9.47 Å². The van der Waals surface area contributed by atoms with Gasteiger partial charge >= 0.3 is 0 Å². The van der Waals surface area contributed by atoms with Crippen LogP contribution in [0.4, 0.5) is 16.0 Å². The van der Waals surface area contributed by atoms with Crippen molar-refractivity contribution in [3.05, 3.63) is 96.1 Å². The molecular formula is C26H23FN4O3. The van der Waals surface area contributed by atoms with E-state index in [-0.39, 0.29) is 11.7 Å². The molecule has 4 aromatic rings. The maximum atomic E-state index is 13.4. The fraction of sp³-hybridized carbons (Fsp3) is 0.115. The highest BCUT2D eigenvalue weighted by Crippen LogP contribution is 2.24. The van der Waals surface area contributed by atoms with E-state index in [1.165, 1.54) is 12.1 Å². The van der Waals surface area contributed by atoms with Crippen LogP contribution in [-0.4, -0.2) is 30.1 Å². The van der Waals surface area contributed by atoms with Crippen molar-refractivity contribution >= 4 is 17.5 Å². The average Bonchev–Trinajstić information content (AvgIpc) is 2.88. The Morgan fingerprint density at radius 1 is 0.912 bits per heavy atom. The number of hydrogen-bond donors (Lipinski definition) is 2. The third kappa shape index (κ3) is 5.47. The summed E-state index contributed by atoms with van der Waals surface area (Å²) in [5.41, 5.74) is 3.50. The SMILES string of the molecule is COc1ccc(CNC(=O)c2ccc(Nc3ncc(-c4cccc(F)c4)cn3)cc2)c(OC)c1. The van der Waals surface area contributed by atoms with Gasteiger partial charge in [0.25, 0.3) is 5.91 Å². The highest BCUT2D eigenvalue weighted by molar-refractivity contribution is 5.94. The molecule has 3 aromatic carbocycles. The predicted octanol–water partition coefficient (Wildman–Crippen LogP) is 4.97. The number of aromatic nitrogens is 2. The van der Waals surface area contributed by atoms with E-state index in [0.717, 1.165) is 11.3 Å². The summed E-state index contributed by atoms with van der Waals surface area (Å²) in [5, 5.41) is 5.98. The lowest BCUT2D eigenvalue weighted by Crippen LogP contribution is -2.23. The van der Waals surface area contributed by atoms with Gasteiger partial charge in [-0.05, 0) is 54.1 Å². The fourth-order valence-corrected chi connectivity index (χ4v) is 3.32. The standard InChI is InChI=1S/C26H23FN4O3/c1-33-23-11-8-19(24(13-23)34-2)14-28-25(32)17-6-9-22(10-7-17)31-26-29-15-20(16-30-26)18-4-3-5-21(27)12-18/h3-13,15-16H,14H2,1-2H3,(H,28,32)(H,29,30,31). The van der Waals surface area contributed by atoms with Crippen LogP contribution in [0.25, 0.3) is 11.1 Å². The minimum absolute atomic E-state index is 0.208. The molecule has 1 aromatic heterocycles. The molecule has 0 spiro atoms. The van der Waals surface area contributed by atoms with Gasteiger partial charge in [0.2, 0.25) is 5.95 Å². The molecule has 0 saturated heterocycles. The second-order valence-electron chi connectivity index (χ2n) is 7.37. The summed E-state index contributed by atoms with van der Waals surface area (Å²) in [6.45, 7) is 0.317. The number of anilines is 2. The minimum Gasteiger partial charge on any atom is -0.497 e. The summed E-state index contributed by atoms with van der Waals surface area (Å²) in [7, 11) is 3.16. The second-order valence-corrected chi connectivity index (χ2v) is 7.37. The molecular weight excluding hydrogens is 435 g/mol. The van der Waals surface area contributed by atoms with Gasteiger partial charge in [-0.2, -0.15) is 0 Å². The second kappa shape index (κ2) is 10.4. The first-order valence-electron chi connectivity index (χ1n) is 10.5. The third-order valence-corrected chi connectivity index (χ3v) is 5.15. The lowest BCUT2D eigenvalue weighted by atomic mass is 10.1. The topological polar surface area (TPSA) is 85.4 Å². The number of amides is 1. The van der Waals surface area contributed by atoms with Gasteiger partial charge in [0.05, 0.1) is 14.2 Å². The van der Waals surface area contributed by atoms with E-state index < -0.39 is 0 Å². The van der Waals surface area contributed by atoms with Gasteiger partial charge in [-0.25, -0.2) is 14.4 Å². The van der Waals surface area contributed by atoms with Gasteiger partial charge in [-0.3, -0.25) is 4.79 Å². The monoisotopic (exact) mass is 458 g/mol. The van der Waals surface area contributed by atoms with E-state index in [2.05, 4.69) is 20.6 Å². The Morgan fingerprint density at radius 3 is 2.35 bits per heavy atom. The number of carbonyl (C=O) groups is 1. The normalized spacial score (nSPS) is 10.4. The van der Waals surface area contributed by atoms with Gasteiger partial charge in [-0.1, -0.05) is 12.1 Å². The fourth-order valence-electron chi connectivity index (χ4n) is 3.32. The number of methoxy groups -OCH3 is 2. The van der Waals surface area contributed by atoms with Crippen LogP contribution in [0.2, 0.25) is 0 Å². The Morgan fingerprint density at radius 2 is 1.68 bits per heavy atom. The van der Waals surface area contributed by atoms with Gasteiger partial charge in [0.1, 0.15) is 17.3 Å². The number of halogens is 1. The summed E-state index contributed by atoms with van der Waals surface area (Å²) < 4.78 is 24.0. The van der Waals surface area contributed by atoms with Crippen LogP contribution in [0.5, 0.6) is 11.5 Å². The van der Waals surface area contributed by atoms with E-state index in [1.807, 2.05) is 12.1 Å². The summed E-state index contributed by atoms with van der Waals surface area (Å²) in [5.74, 6) is 1.20. The number of benzene rings is 3. The van der Waals surface area contributed by atoms with Crippen LogP contribution in [-0.2, 0) is 6.54 Å².